The van der Waals surface area contributed by atoms with Crippen LogP contribution in [0.3, 0.4) is 0 Å². The summed E-state index contributed by atoms with van der Waals surface area (Å²) >= 11 is 0. The number of benzene rings is 3. The SMILES string of the molecule is O=C(OC[C@]1(CO)c2[nH]c3ccccc3c2CCN1Cc1ccccc1)c1ccccc1. The number of para-hydroxylation sites is 1. The highest BCUT2D eigenvalue weighted by Crippen LogP contribution is 2.40. The average Bonchev–Trinajstić information content (AvgIpc) is 3.24. The summed E-state index contributed by atoms with van der Waals surface area (Å²) in [5.41, 5.74) is 3.96. The third-order valence-corrected chi connectivity index (χ3v) is 6.45. The predicted octanol–water partition coefficient (Wildman–Crippen LogP) is 4.27. The lowest BCUT2D eigenvalue weighted by molar-refractivity contribution is -0.0440. The predicted molar refractivity (Wildman–Crippen MR) is 124 cm³/mol. The molecule has 1 aliphatic rings. The van der Waals surface area contributed by atoms with Gasteiger partial charge in [0.05, 0.1) is 12.2 Å². The molecule has 32 heavy (non-hydrogen) atoms. The van der Waals surface area contributed by atoms with E-state index in [1.54, 1.807) is 12.1 Å². The Hall–Kier alpha value is -3.41. The van der Waals surface area contributed by atoms with E-state index in [4.69, 9.17) is 4.74 Å². The average molecular weight is 427 g/mol. The van der Waals surface area contributed by atoms with Gasteiger partial charge in [-0.3, -0.25) is 4.90 Å². The summed E-state index contributed by atoms with van der Waals surface area (Å²) in [6.07, 6.45) is 0.862. The molecule has 1 atom stereocenters. The van der Waals surface area contributed by atoms with Gasteiger partial charge in [0.1, 0.15) is 12.1 Å². The first kappa shape index (κ1) is 20.5. The van der Waals surface area contributed by atoms with Crippen LogP contribution in [0.1, 0.15) is 27.2 Å². The molecule has 2 heterocycles. The quantitative estimate of drug-likeness (QED) is 0.452. The molecule has 1 aromatic heterocycles. The molecular formula is C27H26N2O3. The number of aromatic amines is 1. The van der Waals surface area contributed by atoms with Crippen molar-refractivity contribution in [1.82, 2.24) is 9.88 Å². The first-order chi connectivity index (χ1) is 15.7. The molecular weight excluding hydrogens is 400 g/mol. The van der Waals surface area contributed by atoms with Crippen LogP contribution < -0.4 is 0 Å². The normalized spacial score (nSPS) is 18.4. The molecule has 4 aromatic rings. The molecule has 0 unspecified atom stereocenters. The highest BCUT2D eigenvalue weighted by molar-refractivity contribution is 5.89. The fourth-order valence-electron chi connectivity index (χ4n) is 4.74. The molecule has 5 heteroatoms. The van der Waals surface area contributed by atoms with Gasteiger partial charge in [0, 0.05) is 29.7 Å². The van der Waals surface area contributed by atoms with Crippen molar-refractivity contribution in [2.45, 2.75) is 18.5 Å². The summed E-state index contributed by atoms with van der Waals surface area (Å²) in [6.45, 7) is 1.30. The molecule has 0 radical (unpaired) electrons. The number of carbonyl (C=O) groups excluding carboxylic acids is 1. The maximum atomic E-state index is 12.8. The van der Waals surface area contributed by atoms with Crippen molar-refractivity contribution in [3.63, 3.8) is 0 Å². The van der Waals surface area contributed by atoms with Crippen LogP contribution in [0.15, 0.2) is 84.9 Å². The Morgan fingerprint density at radius 2 is 1.66 bits per heavy atom. The maximum Gasteiger partial charge on any atom is 0.338 e. The molecule has 162 valence electrons. The van der Waals surface area contributed by atoms with Crippen LogP contribution >= 0.6 is 0 Å². The van der Waals surface area contributed by atoms with Crippen LogP contribution in [0.5, 0.6) is 0 Å². The highest BCUT2D eigenvalue weighted by Gasteiger charge is 2.45. The fourth-order valence-corrected chi connectivity index (χ4v) is 4.74. The molecule has 0 spiro atoms. The zero-order chi connectivity index (χ0) is 22.0. The van der Waals surface area contributed by atoms with Crippen LogP contribution in [0.2, 0.25) is 0 Å². The molecule has 1 aliphatic heterocycles. The summed E-state index contributed by atoms with van der Waals surface area (Å²) in [4.78, 5) is 18.5. The van der Waals surface area contributed by atoms with E-state index in [0.29, 0.717) is 12.1 Å². The zero-order valence-electron chi connectivity index (χ0n) is 17.8. The van der Waals surface area contributed by atoms with Crippen LogP contribution in [-0.4, -0.2) is 40.7 Å². The Labute approximate surface area is 187 Å². The summed E-state index contributed by atoms with van der Waals surface area (Å²) < 4.78 is 5.82. The molecule has 0 saturated carbocycles. The Balaban J connectivity index is 1.54. The van der Waals surface area contributed by atoms with Crippen LogP contribution in [0.4, 0.5) is 0 Å². The number of nitrogens with one attached hydrogen (secondary N) is 1. The molecule has 3 aromatic carbocycles. The second kappa shape index (κ2) is 8.61. The summed E-state index contributed by atoms with van der Waals surface area (Å²) in [6, 6.07) is 27.4. The fraction of sp³-hybridized carbons (Fsp3) is 0.222. The van der Waals surface area contributed by atoms with Gasteiger partial charge in [-0.2, -0.15) is 0 Å². The lowest BCUT2D eigenvalue weighted by Gasteiger charge is -2.45. The van der Waals surface area contributed by atoms with Gasteiger partial charge in [-0.05, 0) is 35.7 Å². The van der Waals surface area contributed by atoms with Gasteiger partial charge in [-0.25, -0.2) is 4.79 Å². The number of rotatable bonds is 6. The van der Waals surface area contributed by atoms with Crippen molar-refractivity contribution in [1.29, 1.82) is 0 Å². The van der Waals surface area contributed by atoms with E-state index in [-0.39, 0.29) is 19.2 Å². The Kier molecular flexibility index (Phi) is 5.52. The smallest absolute Gasteiger partial charge is 0.338 e. The number of fused-ring (bicyclic) bond motifs is 3. The van der Waals surface area contributed by atoms with E-state index in [0.717, 1.165) is 35.1 Å². The summed E-state index contributed by atoms with van der Waals surface area (Å²) in [7, 11) is 0. The monoisotopic (exact) mass is 426 g/mol. The third-order valence-electron chi connectivity index (χ3n) is 6.45. The first-order valence-electron chi connectivity index (χ1n) is 10.9. The van der Waals surface area contributed by atoms with Crippen molar-refractivity contribution in [2.75, 3.05) is 19.8 Å². The van der Waals surface area contributed by atoms with E-state index in [2.05, 4.69) is 28.1 Å². The Morgan fingerprint density at radius 1 is 0.969 bits per heavy atom. The molecule has 5 nitrogen and oxygen atoms in total. The Morgan fingerprint density at radius 3 is 2.41 bits per heavy atom. The van der Waals surface area contributed by atoms with E-state index < -0.39 is 5.54 Å². The molecule has 0 aliphatic carbocycles. The highest BCUT2D eigenvalue weighted by atomic mass is 16.5. The van der Waals surface area contributed by atoms with Crippen molar-refractivity contribution in [2.24, 2.45) is 0 Å². The van der Waals surface area contributed by atoms with Crippen LogP contribution in [0, 0.1) is 0 Å². The number of hydrogen-bond donors (Lipinski definition) is 2. The van der Waals surface area contributed by atoms with Crippen LogP contribution in [-0.2, 0) is 23.2 Å². The number of ether oxygens (including phenoxy) is 1. The standard InChI is InChI=1S/C27H26N2O3/c30-18-27(19-32-26(31)21-11-5-2-6-12-21)25-23(22-13-7-8-14-24(22)28-25)15-16-29(27)17-20-9-3-1-4-10-20/h1-14,28,30H,15-19H2/t27-/m1/s1. The number of aromatic nitrogens is 1. The molecule has 0 bridgehead atoms. The largest absolute Gasteiger partial charge is 0.460 e. The number of carbonyl (C=O) groups is 1. The van der Waals surface area contributed by atoms with Gasteiger partial charge in [0.2, 0.25) is 0 Å². The lowest BCUT2D eigenvalue weighted by Crippen LogP contribution is -2.55. The first-order valence-corrected chi connectivity index (χ1v) is 10.9. The van der Waals surface area contributed by atoms with Gasteiger partial charge < -0.3 is 14.8 Å². The van der Waals surface area contributed by atoms with E-state index in [1.807, 2.05) is 54.6 Å². The molecule has 0 amide bonds. The van der Waals surface area contributed by atoms with Crippen molar-refractivity contribution in [3.05, 3.63) is 107 Å². The van der Waals surface area contributed by atoms with Crippen molar-refractivity contribution >= 4 is 16.9 Å². The molecule has 0 saturated heterocycles. The number of esters is 1. The minimum atomic E-state index is -0.854. The number of aliphatic hydroxyl groups is 1. The number of nitrogens with zero attached hydrogens (tertiary/aromatic N) is 1. The van der Waals surface area contributed by atoms with E-state index in [1.165, 1.54) is 5.56 Å². The minimum Gasteiger partial charge on any atom is -0.460 e. The van der Waals surface area contributed by atoms with Gasteiger partial charge in [0.15, 0.2) is 0 Å². The van der Waals surface area contributed by atoms with E-state index in [9.17, 15) is 9.90 Å². The van der Waals surface area contributed by atoms with Crippen molar-refractivity contribution in [3.8, 4) is 0 Å². The molecule has 0 fully saturated rings. The maximum absolute atomic E-state index is 12.8. The van der Waals surface area contributed by atoms with Crippen molar-refractivity contribution < 1.29 is 14.6 Å². The topological polar surface area (TPSA) is 65.6 Å². The lowest BCUT2D eigenvalue weighted by atomic mass is 9.85. The Bertz CT molecular complexity index is 1220. The number of aliphatic hydroxyl groups excluding tert-OH is 1. The molecule has 5 rings (SSSR count). The number of hydrogen-bond acceptors (Lipinski definition) is 4. The van der Waals surface area contributed by atoms with Gasteiger partial charge in [0.25, 0.3) is 0 Å². The van der Waals surface area contributed by atoms with E-state index >= 15 is 0 Å². The summed E-state index contributed by atoms with van der Waals surface area (Å²) in [5.74, 6) is -0.388. The number of H-pyrrole nitrogens is 1. The minimum absolute atomic E-state index is 0.0594. The van der Waals surface area contributed by atoms with Crippen LogP contribution in [0.25, 0.3) is 10.9 Å². The van der Waals surface area contributed by atoms with Gasteiger partial charge in [-0.1, -0.05) is 66.7 Å². The second-order valence-corrected chi connectivity index (χ2v) is 8.31. The summed E-state index contributed by atoms with van der Waals surface area (Å²) in [5, 5.41) is 12.0. The third kappa shape index (κ3) is 3.60. The van der Waals surface area contributed by atoms with Gasteiger partial charge in [-0.15, -0.1) is 0 Å². The molecule has 2 N–H and O–H groups in total. The van der Waals surface area contributed by atoms with Gasteiger partial charge >= 0.3 is 5.97 Å². The second-order valence-electron chi connectivity index (χ2n) is 8.31. The zero-order valence-corrected chi connectivity index (χ0v) is 17.8.